The summed E-state index contributed by atoms with van der Waals surface area (Å²) in [5.74, 6) is -0.183. The van der Waals surface area contributed by atoms with Crippen molar-refractivity contribution < 1.29 is 9.53 Å². The third kappa shape index (κ3) is 7.69. The van der Waals surface area contributed by atoms with Crippen LogP contribution in [0.25, 0.3) is 0 Å². The van der Waals surface area contributed by atoms with E-state index in [1.54, 1.807) is 11.3 Å². The van der Waals surface area contributed by atoms with Crippen LogP contribution in [0.4, 0.5) is 0 Å². The Kier molecular flexibility index (Phi) is 12.6. The highest BCUT2D eigenvalue weighted by Crippen LogP contribution is 2.10. The van der Waals surface area contributed by atoms with E-state index in [0.717, 1.165) is 23.5 Å². The average molecular weight is 330 g/mol. The third-order valence-corrected chi connectivity index (χ3v) is 3.31. The van der Waals surface area contributed by atoms with Gasteiger partial charge in [-0.3, -0.25) is 4.79 Å². The molecule has 5 nitrogen and oxygen atoms in total. The summed E-state index contributed by atoms with van der Waals surface area (Å²) in [6.07, 6.45) is 1.69. The largest absolute Gasteiger partial charge is 0.383 e. The van der Waals surface area contributed by atoms with Gasteiger partial charge in [-0.25, -0.2) is 4.98 Å². The van der Waals surface area contributed by atoms with Crippen LogP contribution in [0.1, 0.15) is 17.6 Å². The first-order chi connectivity index (χ1) is 8.17. The highest BCUT2D eigenvalue weighted by molar-refractivity contribution is 7.09. The van der Waals surface area contributed by atoms with Gasteiger partial charge in [0.25, 0.3) is 0 Å². The fourth-order valence-electron chi connectivity index (χ4n) is 1.33. The number of nitrogens with zero attached hydrogens (tertiary/aromatic N) is 1. The van der Waals surface area contributed by atoms with Gasteiger partial charge in [0.15, 0.2) is 0 Å². The first kappa shape index (κ1) is 20.9. The molecule has 0 radical (unpaired) electrons. The van der Waals surface area contributed by atoms with Crippen LogP contribution in [0, 0.1) is 0 Å². The first-order valence-corrected chi connectivity index (χ1v) is 6.50. The summed E-state index contributed by atoms with van der Waals surface area (Å²) in [6.45, 7) is 2.87. The molecular formula is C11H21Cl2N3O2S. The quantitative estimate of drug-likeness (QED) is 0.787. The SMILES string of the molecule is CCc1nc(CCNC(=O)C(N)COC)cs1.Cl.Cl. The van der Waals surface area contributed by atoms with Crippen molar-refractivity contribution in [3.8, 4) is 0 Å². The number of thiazole rings is 1. The summed E-state index contributed by atoms with van der Waals surface area (Å²) in [4.78, 5) is 15.9. The number of ether oxygens (including phenoxy) is 1. The number of aromatic nitrogens is 1. The van der Waals surface area contributed by atoms with Gasteiger partial charge in [-0.2, -0.15) is 0 Å². The minimum Gasteiger partial charge on any atom is -0.383 e. The smallest absolute Gasteiger partial charge is 0.239 e. The number of hydrogen-bond donors (Lipinski definition) is 2. The van der Waals surface area contributed by atoms with Crippen LogP contribution in [0.2, 0.25) is 0 Å². The maximum atomic E-state index is 11.5. The van der Waals surface area contributed by atoms with E-state index < -0.39 is 6.04 Å². The number of halogens is 2. The molecule has 1 atom stereocenters. The molecule has 0 aromatic carbocycles. The van der Waals surface area contributed by atoms with Crippen LogP contribution >= 0.6 is 36.2 Å². The molecule has 0 aliphatic carbocycles. The standard InChI is InChI=1S/C11H19N3O2S.2ClH/c1-3-10-14-8(7-17-10)4-5-13-11(15)9(12)6-16-2;;/h7,9H,3-6,12H2,1-2H3,(H,13,15);2*1H. The van der Waals surface area contributed by atoms with Gasteiger partial charge in [-0.15, -0.1) is 36.2 Å². The molecule has 0 spiro atoms. The Morgan fingerprint density at radius 2 is 2.26 bits per heavy atom. The normalized spacial score (nSPS) is 11.1. The molecule has 8 heteroatoms. The van der Waals surface area contributed by atoms with Crippen molar-refractivity contribution in [1.82, 2.24) is 10.3 Å². The van der Waals surface area contributed by atoms with Crippen LogP contribution < -0.4 is 11.1 Å². The van der Waals surface area contributed by atoms with E-state index in [4.69, 9.17) is 10.5 Å². The monoisotopic (exact) mass is 329 g/mol. The van der Waals surface area contributed by atoms with Crippen LogP contribution in [0.3, 0.4) is 0 Å². The van der Waals surface area contributed by atoms with Gasteiger partial charge in [0, 0.05) is 25.5 Å². The van der Waals surface area contributed by atoms with Crippen molar-refractivity contribution in [1.29, 1.82) is 0 Å². The van der Waals surface area contributed by atoms with Gasteiger partial charge in [0.05, 0.1) is 17.3 Å². The van der Waals surface area contributed by atoms with Crippen molar-refractivity contribution in [3.63, 3.8) is 0 Å². The van der Waals surface area contributed by atoms with E-state index in [1.165, 1.54) is 7.11 Å². The number of nitrogens with one attached hydrogen (secondary N) is 1. The number of amides is 1. The molecule has 112 valence electrons. The number of carbonyl (C=O) groups excluding carboxylic acids is 1. The molecule has 1 heterocycles. The van der Waals surface area contributed by atoms with E-state index in [0.29, 0.717) is 6.54 Å². The molecule has 0 saturated heterocycles. The summed E-state index contributed by atoms with van der Waals surface area (Å²) in [5, 5.41) is 5.92. The fourth-order valence-corrected chi connectivity index (χ4v) is 2.11. The predicted octanol–water partition coefficient (Wildman–Crippen LogP) is 1.18. The van der Waals surface area contributed by atoms with Crippen molar-refractivity contribution in [3.05, 3.63) is 16.1 Å². The van der Waals surface area contributed by atoms with Gasteiger partial charge in [-0.05, 0) is 6.42 Å². The second-order valence-corrected chi connectivity index (χ2v) is 4.63. The second kappa shape index (κ2) is 11.4. The molecule has 0 aliphatic rings. The molecular weight excluding hydrogens is 309 g/mol. The lowest BCUT2D eigenvalue weighted by atomic mass is 10.3. The van der Waals surface area contributed by atoms with Gasteiger partial charge < -0.3 is 15.8 Å². The van der Waals surface area contributed by atoms with E-state index in [1.807, 2.05) is 5.38 Å². The third-order valence-electron chi connectivity index (χ3n) is 2.27. The summed E-state index contributed by atoms with van der Waals surface area (Å²) in [7, 11) is 1.52. The van der Waals surface area contributed by atoms with Crippen molar-refractivity contribution in [2.45, 2.75) is 25.8 Å². The number of methoxy groups -OCH3 is 1. The lowest BCUT2D eigenvalue weighted by Gasteiger charge is -2.10. The molecule has 1 amide bonds. The highest BCUT2D eigenvalue weighted by atomic mass is 35.5. The van der Waals surface area contributed by atoms with Crippen LogP contribution in [-0.4, -0.2) is 37.2 Å². The van der Waals surface area contributed by atoms with E-state index in [2.05, 4.69) is 17.2 Å². The van der Waals surface area contributed by atoms with Crippen molar-refractivity contribution >= 4 is 42.1 Å². The minimum absolute atomic E-state index is 0. The molecule has 1 aromatic rings. The molecule has 0 aliphatic heterocycles. The van der Waals surface area contributed by atoms with Crippen LogP contribution in [0.5, 0.6) is 0 Å². The lowest BCUT2D eigenvalue weighted by Crippen LogP contribution is -2.44. The summed E-state index contributed by atoms with van der Waals surface area (Å²) < 4.78 is 4.81. The van der Waals surface area contributed by atoms with Crippen molar-refractivity contribution in [2.75, 3.05) is 20.3 Å². The highest BCUT2D eigenvalue weighted by Gasteiger charge is 2.12. The maximum absolute atomic E-state index is 11.5. The van der Waals surface area contributed by atoms with Gasteiger partial charge in [0.1, 0.15) is 6.04 Å². The minimum atomic E-state index is -0.596. The molecule has 0 fully saturated rings. The van der Waals surface area contributed by atoms with Gasteiger partial charge >= 0.3 is 0 Å². The van der Waals surface area contributed by atoms with E-state index in [-0.39, 0.29) is 37.3 Å². The summed E-state index contributed by atoms with van der Waals surface area (Å²) in [5.41, 5.74) is 6.60. The molecule has 19 heavy (non-hydrogen) atoms. The molecule has 3 N–H and O–H groups in total. The van der Waals surface area contributed by atoms with Gasteiger partial charge in [0.2, 0.25) is 5.91 Å². The fraction of sp³-hybridized carbons (Fsp3) is 0.636. The molecule has 0 saturated carbocycles. The van der Waals surface area contributed by atoms with E-state index in [9.17, 15) is 4.79 Å². The Balaban J connectivity index is 0. The number of rotatable bonds is 7. The topological polar surface area (TPSA) is 77.2 Å². The molecule has 1 aromatic heterocycles. The maximum Gasteiger partial charge on any atom is 0.239 e. The Morgan fingerprint density at radius 1 is 1.58 bits per heavy atom. The zero-order valence-electron chi connectivity index (χ0n) is 11.0. The first-order valence-electron chi connectivity index (χ1n) is 5.62. The zero-order valence-corrected chi connectivity index (χ0v) is 13.5. The summed E-state index contributed by atoms with van der Waals surface area (Å²) >= 11 is 1.65. The number of hydrogen-bond acceptors (Lipinski definition) is 5. The summed E-state index contributed by atoms with van der Waals surface area (Å²) in [6, 6.07) is -0.596. The van der Waals surface area contributed by atoms with Crippen molar-refractivity contribution in [2.24, 2.45) is 5.73 Å². The van der Waals surface area contributed by atoms with Crippen LogP contribution in [0.15, 0.2) is 5.38 Å². The molecule has 0 bridgehead atoms. The van der Waals surface area contributed by atoms with Gasteiger partial charge in [-0.1, -0.05) is 6.92 Å². The number of nitrogens with two attached hydrogens (primary N) is 1. The number of aryl methyl sites for hydroxylation is 1. The lowest BCUT2D eigenvalue weighted by molar-refractivity contribution is -0.123. The Hall–Kier alpha value is -0.400. The Morgan fingerprint density at radius 3 is 2.79 bits per heavy atom. The molecule has 1 unspecified atom stereocenters. The Bertz CT molecular complexity index is 363. The average Bonchev–Trinajstić information content (AvgIpc) is 2.77. The Labute approximate surface area is 130 Å². The number of carbonyl (C=O) groups is 1. The predicted molar refractivity (Wildman–Crippen MR) is 82.6 cm³/mol. The van der Waals surface area contributed by atoms with Crippen LogP contribution in [-0.2, 0) is 22.4 Å². The zero-order chi connectivity index (χ0) is 12.7. The molecule has 1 rings (SSSR count). The van der Waals surface area contributed by atoms with E-state index >= 15 is 0 Å². The second-order valence-electron chi connectivity index (χ2n) is 3.69.